The molecule has 3 aromatic carbocycles. The van der Waals surface area contributed by atoms with Crippen LogP contribution in [0.3, 0.4) is 0 Å². The Morgan fingerprint density at radius 2 is 1.05 bits per heavy atom. The van der Waals surface area contributed by atoms with Crippen molar-refractivity contribution in [2.24, 2.45) is 0 Å². The molecule has 0 unspecified atom stereocenters. The van der Waals surface area contributed by atoms with Crippen LogP contribution in [0.25, 0.3) is 22.3 Å². The molecule has 0 atom stereocenters. The van der Waals surface area contributed by atoms with Crippen LogP contribution in [0.15, 0.2) is 54.6 Å². The molecule has 0 heteroatoms. The summed E-state index contributed by atoms with van der Waals surface area (Å²) in [4.78, 5) is 0. The average Bonchev–Trinajstić information content (AvgIpc) is 2.47. The zero-order valence-corrected chi connectivity index (χ0v) is 13.7. The van der Waals surface area contributed by atoms with Gasteiger partial charge in [0.05, 0.1) is 0 Å². The molecular weight excluding hydrogens is 264 g/mol. The number of hydrogen-bond acceptors (Lipinski definition) is 0. The highest BCUT2D eigenvalue weighted by Gasteiger charge is 2.06. The summed E-state index contributed by atoms with van der Waals surface area (Å²) in [6, 6.07) is 23.0. The molecule has 0 aromatic heterocycles. The second-order valence-corrected chi connectivity index (χ2v) is 6.15. The average molecular weight is 285 g/mol. The molecule has 0 amide bonds. The third kappa shape index (κ3) is 2.82. The van der Waals surface area contributed by atoms with E-state index >= 15 is 0 Å². The van der Waals surface area contributed by atoms with Crippen LogP contribution in [-0.2, 0) is 0 Å². The van der Waals surface area contributed by atoms with Crippen LogP contribution in [0.2, 0.25) is 0 Å². The van der Waals surface area contributed by atoms with E-state index in [0.717, 1.165) is 0 Å². The lowest BCUT2D eigenvalue weighted by atomic mass is 9.93. The van der Waals surface area contributed by atoms with Crippen molar-refractivity contribution in [3.05, 3.63) is 82.9 Å². The Morgan fingerprint density at radius 1 is 0.591 bits per heavy atom. The predicted octanol–water partition coefficient (Wildman–Crippen LogP) is 6.05. The lowest BCUT2D eigenvalue weighted by Crippen LogP contribution is -1.88. The fourth-order valence-electron chi connectivity index (χ4n) is 3.06. The molecule has 3 aromatic rings. The van der Waals surface area contributed by atoms with Crippen molar-refractivity contribution in [1.29, 1.82) is 0 Å². The monoisotopic (exact) mass is 285 g/mol. The maximum absolute atomic E-state index is 3.31. The normalized spacial score (nSPS) is 10.7. The number of rotatable bonds is 2. The summed E-state index contributed by atoms with van der Waals surface area (Å²) in [6.45, 7) is 8.61. The first kappa shape index (κ1) is 14.6. The summed E-state index contributed by atoms with van der Waals surface area (Å²) >= 11 is 0. The molecule has 3 rings (SSSR count). The van der Waals surface area contributed by atoms with E-state index in [1.165, 1.54) is 44.5 Å². The lowest BCUT2D eigenvalue weighted by molar-refractivity contribution is 1.37. The van der Waals surface area contributed by atoms with Gasteiger partial charge in [0.25, 0.3) is 0 Å². The van der Waals surface area contributed by atoms with E-state index in [1.54, 1.807) is 0 Å². The number of aryl methyl sites for hydroxylation is 4. The highest BCUT2D eigenvalue weighted by atomic mass is 14.1. The topological polar surface area (TPSA) is 0 Å². The van der Waals surface area contributed by atoms with Crippen LogP contribution in [0.1, 0.15) is 22.3 Å². The molecule has 0 saturated carbocycles. The SMILES string of the molecule is Cc1ccc(-c2c[c]cc(-c3ccc(C)cc3C)c2)c(C)c1. The predicted molar refractivity (Wildman–Crippen MR) is 95.1 cm³/mol. The molecule has 0 heterocycles. The van der Waals surface area contributed by atoms with E-state index < -0.39 is 0 Å². The second kappa shape index (κ2) is 5.81. The largest absolute Gasteiger partial charge is 0.0587 e. The van der Waals surface area contributed by atoms with E-state index in [1.807, 2.05) is 0 Å². The van der Waals surface area contributed by atoms with Crippen LogP contribution in [0.5, 0.6) is 0 Å². The number of benzene rings is 3. The van der Waals surface area contributed by atoms with Gasteiger partial charge in [-0.25, -0.2) is 0 Å². The van der Waals surface area contributed by atoms with Gasteiger partial charge >= 0.3 is 0 Å². The summed E-state index contributed by atoms with van der Waals surface area (Å²) in [6.07, 6.45) is 0. The van der Waals surface area contributed by atoms with Crippen molar-refractivity contribution in [3.63, 3.8) is 0 Å². The minimum atomic E-state index is 1.23. The molecule has 0 saturated heterocycles. The van der Waals surface area contributed by atoms with E-state index in [9.17, 15) is 0 Å². The van der Waals surface area contributed by atoms with Crippen molar-refractivity contribution >= 4 is 0 Å². The van der Waals surface area contributed by atoms with Crippen LogP contribution in [0.4, 0.5) is 0 Å². The van der Waals surface area contributed by atoms with Gasteiger partial charge in [-0.1, -0.05) is 47.5 Å². The van der Waals surface area contributed by atoms with E-state index in [-0.39, 0.29) is 0 Å². The third-order valence-electron chi connectivity index (χ3n) is 4.17. The smallest absolute Gasteiger partial charge is 0.0154 e. The van der Waals surface area contributed by atoms with Gasteiger partial charge in [-0.05, 0) is 85.3 Å². The Balaban J connectivity index is 2.10. The zero-order chi connectivity index (χ0) is 15.7. The molecule has 0 aliphatic carbocycles. The maximum Gasteiger partial charge on any atom is -0.0154 e. The molecule has 22 heavy (non-hydrogen) atoms. The maximum atomic E-state index is 3.31. The Labute approximate surface area is 133 Å². The molecule has 0 N–H and O–H groups in total. The van der Waals surface area contributed by atoms with Gasteiger partial charge in [0.2, 0.25) is 0 Å². The van der Waals surface area contributed by atoms with Crippen LogP contribution in [0, 0.1) is 33.8 Å². The Bertz CT molecular complexity index is 758. The van der Waals surface area contributed by atoms with Crippen LogP contribution in [-0.4, -0.2) is 0 Å². The first-order valence-corrected chi connectivity index (χ1v) is 7.71. The van der Waals surface area contributed by atoms with Gasteiger partial charge in [0.15, 0.2) is 0 Å². The van der Waals surface area contributed by atoms with Gasteiger partial charge in [-0.15, -0.1) is 0 Å². The zero-order valence-electron chi connectivity index (χ0n) is 13.7. The molecule has 0 fully saturated rings. The van der Waals surface area contributed by atoms with Crippen molar-refractivity contribution in [2.45, 2.75) is 27.7 Å². The Morgan fingerprint density at radius 3 is 1.45 bits per heavy atom. The number of hydrogen-bond donors (Lipinski definition) is 0. The van der Waals surface area contributed by atoms with Crippen molar-refractivity contribution in [1.82, 2.24) is 0 Å². The molecule has 0 bridgehead atoms. The second-order valence-electron chi connectivity index (χ2n) is 6.15. The van der Waals surface area contributed by atoms with Gasteiger partial charge in [-0.2, -0.15) is 0 Å². The Hall–Kier alpha value is -2.34. The highest BCUT2D eigenvalue weighted by molar-refractivity contribution is 5.76. The highest BCUT2D eigenvalue weighted by Crippen LogP contribution is 2.30. The summed E-state index contributed by atoms with van der Waals surface area (Å²) in [5.41, 5.74) is 10.3. The molecule has 0 spiro atoms. The van der Waals surface area contributed by atoms with Gasteiger partial charge in [0, 0.05) is 0 Å². The van der Waals surface area contributed by atoms with E-state index in [2.05, 4.69) is 88.4 Å². The van der Waals surface area contributed by atoms with Gasteiger partial charge < -0.3 is 0 Å². The minimum absolute atomic E-state index is 1.23. The molecule has 0 aliphatic rings. The lowest BCUT2D eigenvalue weighted by Gasteiger charge is -2.11. The first-order chi connectivity index (χ1) is 10.5. The van der Waals surface area contributed by atoms with Crippen molar-refractivity contribution < 1.29 is 0 Å². The van der Waals surface area contributed by atoms with Crippen LogP contribution < -0.4 is 0 Å². The fourth-order valence-corrected chi connectivity index (χ4v) is 3.06. The quantitative estimate of drug-likeness (QED) is 0.537. The van der Waals surface area contributed by atoms with Crippen molar-refractivity contribution in [2.75, 3.05) is 0 Å². The summed E-state index contributed by atoms with van der Waals surface area (Å²) in [5, 5.41) is 0. The molecule has 109 valence electrons. The minimum Gasteiger partial charge on any atom is -0.0587 e. The van der Waals surface area contributed by atoms with Crippen molar-refractivity contribution in [3.8, 4) is 22.3 Å². The molecule has 0 nitrogen and oxygen atoms in total. The summed E-state index contributed by atoms with van der Waals surface area (Å²) < 4.78 is 0. The summed E-state index contributed by atoms with van der Waals surface area (Å²) in [5.74, 6) is 0. The Kier molecular flexibility index (Phi) is 3.85. The van der Waals surface area contributed by atoms with Gasteiger partial charge in [-0.3, -0.25) is 0 Å². The van der Waals surface area contributed by atoms with Gasteiger partial charge in [0.1, 0.15) is 0 Å². The van der Waals surface area contributed by atoms with E-state index in [0.29, 0.717) is 0 Å². The fraction of sp³-hybridized carbons (Fsp3) is 0.182. The first-order valence-electron chi connectivity index (χ1n) is 7.71. The third-order valence-corrected chi connectivity index (χ3v) is 4.17. The molecular formula is C22H21. The summed E-state index contributed by atoms with van der Waals surface area (Å²) in [7, 11) is 0. The molecule has 0 aliphatic heterocycles. The molecule has 1 radical (unpaired) electrons. The van der Waals surface area contributed by atoms with E-state index in [4.69, 9.17) is 0 Å². The van der Waals surface area contributed by atoms with Crippen LogP contribution >= 0.6 is 0 Å². The standard InChI is InChI=1S/C22H21/c1-15-8-10-21(17(3)12-15)19-6-5-7-20(14-19)22-11-9-16(2)13-18(22)4/h6-14H,1-4H3.